The Morgan fingerprint density at radius 1 is 1.19 bits per heavy atom. The fraction of sp³-hybridized carbons (Fsp3) is 0.316. The molecule has 3 rings (SSSR count). The Hall–Kier alpha value is -2.51. The molecule has 1 aromatic carbocycles. The number of quaternary nitrogens is 1. The fourth-order valence-corrected chi connectivity index (χ4v) is 4.54. The van der Waals surface area contributed by atoms with Crippen LogP contribution in [0.2, 0.25) is 0 Å². The van der Waals surface area contributed by atoms with Gasteiger partial charge in [0.15, 0.2) is 5.78 Å². The molecule has 0 fully saturated rings. The van der Waals surface area contributed by atoms with Gasteiger partial charge in [-0.1, -0.05) is 12.1 Å². The van der Waals surface area contributed by atoms with Gasteiger partial charge >= 0.3 is 0 Å². The van der Waals surface area contributed by atoms with Crippen molar-refractivity contribution in [1.82, 2.24) is 0 Å². The van der Waals surface area contributed by atoms with E-state index in [1.165, 1.54) is 23.2 Å². The number of likely N-dealkylation sites (N-methyl/N-ethyl adjacent to an activating group) is 1. The lowest BCUT2D eigenvalue weighted by Crippen LogP contribution is -3.11. The molecule has 0 radical (unpaired) electrons. The number of Topliss-reactive ketones (excluding diaryl/α,β-unsaturated/α-hetero) is 1. The maximum Gasteiger partial charge on any atom is 0.256 e. The van der Waals surface area contributed by atoms with Crippen LogP contribution in [0.25, 0.3) is 0 Å². The van der Waals surface area contributed by atoms with Gasteiger partial charge in [-0.25, -0.2) is 0 Å². The average molecular weight is 372 g/mol. The molecule has 4 N–H and O–H groups in total. The zero-order chi connectivity index (χ0) is 18.8. The highest BCUT2D eigenvalue weighted by Crippen LogP contribution is 2.34. The Bertz CT molecular complexity index is 871. The maximum atomic E-state index is 12.6. The second kappa shape index (κ2) is 7.39. The van der Waals surface area contributed by atoms with Gasteiger partial charge in [0.1, 0.15) is 11.5 Å². The number of carbonyl (C=O) groups excluding carboxylic acids is 3. The number of nitrogens with two attached hydrogens (primary N) is 1. The van der Waals surface area contributed by atoms with E-state index in [0.717, 1.165) is 36.5 Å². The lowest BCUT2D eigenvalue weighted by Gasteiger charge is -2.22. The molecule has 0 bridgehead atoms. The van der Waals surface area contributed by atoms with Crippen LogP contribution in [0.5, 0.6) is 0 Å². The van der Waals surface area contributed by atoms with Crippen molar-refractivity contribution in [3.63, 3.8) is 0 Å². The average Bonchev–Trinajstić information content (AvgIpc) is 2.98. The first-order valence-corrected chi connectivity index (χ1v) is 9.42. The predicted molar refractivity (Wildman–Crippen MR) is 101 cm³/mol. The van der Waals surface area contributed by atoms with Crippen molar-refractivity contribution in [2.45, 2.75) is 26.8 Å². The second-order valence-electron chi connectivity index (χ2n) is 6.44. The molecule has 1 atom stereocenters. The number of primary amides is 1. The zero-order valence-electron chi connectivity index (χ0n) is 14.8. The molecule has 7 heteroatoms. The molecule has 136 valence electrons. The van der Waals surface area contributed by atoms with Gasteiger partial charge in [-0.3, -0.25) is 14.4 Å². The first-order chi connectivity index (χ1) is 12.4. The Balaban J connectivity index is 1.87. The van der Waals surface area contributed by atoms with Crippen LogP contribution in [-0.2, 0) is 13.0 Å². The lowest BCUT2D eigenvalue weighted by molar-refractivity contribution is -0.913. The van der Waals surface area contributed by atoms with Crippen molar-refractivity contribution in [2.75, 3.05) is 18.4 Å². The topological polar surface area (TPSA) is 93.7 Å². The molecule has 0 saturated carbocycles. The van der Waals surface area contributed by atoms with Gasteiger partial charge in [-0.05, 0) is 31.5 Å². The van der Waals surface area contributed by atoms with E-state index >= 15 is 0 Å². The number of thiophene rings is 1. The number of ketones is 1. The lowest BCUT2D eigenvalue weighted by atomic mass is 10.0. The van der Waals surface area contributed by atoms with Crippen molar-refractivity contribution < 1.29 is 19.3 Å². The van der Waals surface area contributed by atoms with Crippen molar-refractivity contribution in [1.29, 1.82) is 0 Å². The monoisotopic (exact) mass is 372 g/mol. The van der Waals surface area contributed by atoms with Crippen LogP contribution in [0, 0.1) is 0 Å². The Kier molecular flexibility index (Phi) is 5.20. The summed E-state index contributed by atoms with van der Waals surface area (Å²) < 4.78 is 0. The number of carbonyl (C=O) groups is 3. The molecule has 2 aromatic rings. The van der Waals surface area contributed by atoms with E-state index in [2.05, 4.69) is 12.2 Å². The summed E-state index contributed by atoms with van der Waals surface area (Å²) in [6.45, 7) is 6.44. The molecule has 0 aliphatic carbocycles. The van der Waals surface area contributed by atoms with Crippen LogP contribution in [-0.4, -0.2) is 30.7 Å². The van der Waals surface area contributed by atoms with Crippen LogP contribution in [0.1, 0.15) is 55.4 Å². The molecule has 0 spiro atoms. The number of hydrogen-bond acceptors (Lipinski definition) is 4. The van der Waals surface area contributed by atoms with Gasteiger partial charge in [-0.15, -0.1) is 11.3 Å². The Morgan fingerprint density at radius 2 is 1.85 bits per heavy atom. The largest absolute Gasteiger partial charge is 0.365 e. The minimum absolute atomic E-state index is 0.0538. The van der Waals surface area contributed by atoms with E-state index in [9.17, 15) is 14.4 Å². The first-order valence-electron chi connectivity index (χ1n) is 8.61. The molecule has 2 heterocycles. The summed E-state index contributed by atoms with van der Waals surface area (Å²) in [6, 6.07) is 6.45. The molecule has 1 aliphatic rings. The SMILES string of the molecule is CC[NH+]1CCc2c(sc(NC(=O)c3ccc(C(C)=O)cc3)c2C(N)=O)C1. The highest BCUT2D eigenvalue weighted by Gasteiger charge is 2.29. The van der Waals surface area contributed by atoms with Gasteiger partial charge in [0, 0.05) is 17.5 Å². The van der Waals surface area contributed by atoms with Gasteiger partial charge < -0.3 is 16.0 Å². The van der Waals surface area contributed by atoms with E-state index in [0.29, 0.717) is 21.7 Å². The van der Waals surface area contributed by atoms with Crippen LogP contribution in [0.3, 0.4) is 0 Å². The first kappa shape index (κ1) is 18.3. The quantitative estimate of drug-likeness (QED) is 0.690. The highest BCUT2D eigenvalue weighted by molar-refractivity contribution is 7.17. The van der Waals surface area contributed by atoms with Crippen molar-refractivity contribution in [2.24, 2.45) is 5.73 Å². The molecule has 1 aromatic heterocycles. The van der Waals surface area contributed by atoms with Crippen molar-refractivity contribution in [3.05, 3.63) is 51.4 Å². The normalized spacial score (nSPS) is 16.0. The minimum Gasteiger partial charge on any atom is -0.365 e. The molecule has 0 saturated heterocycles. The number of fused-ring (bicyclic) bond motifs is 1. The summed E-state index contributed by atoms with van der Waals surface area (Å²) in [6.07, 6.45) is 0.788. The summed E-state index contributed by atoms with van der Waals surface area (Å²) >= 11 is 1.43. The van der Waals surface area contributed by atoms with Crippen molar-refractivity contribution >= 4 is 33.9 Å². The third-order valence-electron chi connectivity index (χ3n) is 4.76. The second-order valence-corrected chi connectivity index (χ2v) is 7.55. The summed E-state index contributed by atoms with van der Waals surface area (Å²) in [5, 5.41) is 3.35. The van der Waals surface area contributed by atoms with Crippen molar-refractivity contribution in [3.8, 4) is 0 Å². The van der Waals surface area contributed by atoms with Gasteiger partial charge in [0.05, 0.1) is 23.5 Å². The summed E-state index contributed by atoms with van der Waals surface area (Å²) in [5.41, 5.74) is 7.98. The van der Waals surface area contributed by atoms with Crippen LogP contribution in [0.4, 0.5) is 5.00 Å². The zero-order valence-corrected chi connectivity index (χ0v) is 15.7. The predicted octanol–water partition coefficient (Wildman–Crippen LogP) is 1.26. The molecule has 6 nitrogen and oxygen atoms in total. The van der Waals surface area contributed by atoms with E-state index < -0.39 is 5.91 Å². The minimum atomic E-state index is -0.510. The van der Waals surface area contributed by atoms with Crippen LogP contribution >= 0.6 is 11.3 Å². The Labute approximate surface area is 156 Å². The number of anilines is 1. The van der Waals surface area contributed by atoms with Gasteiger partial charge in [0.2, 0.25) is 0 Å². The van der Waals surface area contributed by atoms with E-state index in [-0.39, 0.29) is 11.7 Å². The third-order valence-corrected chi connectivity index (χ3v) is 5.90. The van der Waals surface area contributed by atoms with Crippen LogP contribution in [0.15, 0.2) is 24.3 Å². The summed E-state index contributed by atoms with van der Waals surface area (Å²) in [4.78, 5) is 38.4. The molecule has 1 aliphatic heterocycles. The Morgan fingerprint density at radius 3 is 2.42 bits per heavy atom. The summed E-state index contributed by atoms with van der Waals surface area (Å²) in [7, 11) is 0. The fourth-order valence-electron chi connectivity index (χ4n) is 3.22. The smallest absolute Gasteiger partial charge is 0.256 e. The third kappa shape index (κ3) is 3.54. The maximum absolute atomic E-state index is 12.6. The van der Waals surface area contributed by atoms with E-state index in [1.807, 2.05) is 0 Å². The standard InChI is InChI=1S/C19H21N3O3S/c1-3-22-9-8-14-15(10-22)26-19(16(14)17(20)24)21-18(25)13-6-4-12(5-7-13)11(2)23/h4-7H,3,8-10H2,1-2H3,(H2,20,24)(H,21,25)/p+1. The van der Waals surface area contributed by atoms with E-state index in [4.69, 9.17) is 5.73 Å². The van der Waals surface area contributed by atoms with Gasteiger partial charge in [-0.2, -0.15) is 0 Å². The van der Waals surface area contributed by atoms with Crippen LogP contribution < -0.4 is 16.0 Å². The highest BCUT2D eigenvalue weighted by atomic mass is 32.1. The molecule has 1 unspecified atom stereocenters. The molecule has 2 amide bonds. The van der Waals surface area contributed by atoms with E-state index in [1.54, 1.807) is 24.3 Å². The number of hydrogen-bond donors (Lipinski definition) is 3. The molecule has 26 heavy (non-hydrogen) atoms. The molecular weight excluding hydrogens is 350 g/mol. The number of benzene rings is 1. The number of amides is 2. The molecular formula is C19H22N3O3S+. The summed E-state index contributed by atoms with van der Waals surface area (Å²) in [5.74, 6) is -0.882. The number of rotatable bonds is 5. The van der Waals surface area contributed by atoms with Gasteiger partial charge in [0.25, 0.3) is 11.8 Å². The number of nitrogens with one attached hydrogen (secondary N) is 2.